The zero-order valence-corrected chi connectivity index (χ0v) is 23.3. The summed E-state index contributed by atoms with van der Waals surface area (Å²) in [5.41, 5.74) is 7.74. The van der Waals surface area contributed by atoms with Gasteiger partial charge in [-0.15, -0.1) is 0 Å². The number of hydrogen-bond acceptors (Lipinski definition) is 2. The van der Waals surface area contributed by atoms with Crippen LogP contribution in [-0.4, -0.2) is 12.8 Å². The van der Waals surface area contributed by atoms with E-state index in [1.165, 1.54) is 22.1 Å². The summed E-state index contributed by atoms with van der Waals surface area (Å²) in [5.74, 6) is 0.847. The van der Waals surface area contributed by atoms with Gasteiger partial charge in [0.25, 0.3) is 0 Å². The van der Waals surface area contributed by atoms with Gasteiger partial charge in [-0.25, -0.2) is 4.98 Å². The molecule has 0 bridgehead atoms. The monoisotopic (exact) mass is 494 g/mol. The minimum absolute atomic E-state index is 0.0299. The van der Waals surface area contributed by atoms with Crippen molar-refractivity contribution in [2.75, 3.05) is 4.90 Å². The highest BCUT2D eigenvalue weighted by molar-refractivity contribution is 6.33. The van der Waals surface area contributed by atoms with Gasteiger partial charge in [-0.1, -0.05) is 114 Å². The summed E-state index contributed by atoms with van der Waals surface area (Å²) in [6.07, 6.45) is 1.84. The second kappa shape index (κ2) is 9.80. The van der Waals surface area contributed by atoms with Gasteiger partial charge in [0, 0.05) is 17.3 Å². The van der Waals surface area contributed by atoms with Crippen molar-refractivity contribution in [3.63, 3.8) is 0 Å². The van der Waals surface area contributed by atoms with Crippen molar-refractivity contribution < 1.29 is 0 Å². The van der Waals surface area contributed by atoms with Crippen LogP contribution in [0.3, 0.4) is 0 Å². The van der Waals surface area contributed by atoms with E-state index in [1.807, 2.05) is 30.5 Å². The number of anilines is 3. The lowest BCUT2D eigenvalue weighted by Crippen LogP contribution is -2.17. The van der Waals surface area contributed by atoms with Gasteiger partial charge in [0.05, 0.1) is 5.69 Å². The maximum absolute atomic E-state index is 6.60. The van der Waals surface area contributed by atoms with Gasteiger partial charge in [0.1, 0.15) is 13.7 Å². The average molecular weight is 494 g/mol. The van der Waals surface area contributed by atoms with Crippen molar-refractivity contribution in [3.05, 3.63) is 114 Å². The molecule has 0 aliphatic carbocycles. The maximum atomic E-state index is 6.60. The molecule has 0 atom stereocenters. The molecule has 0 aliphatic rings. The standard InChI is InChI=1S/C35H35BN2/c1-34(2,3)27-18-25(19-28(22-27)35(4,5)6)26-20-29(36)23-30(21-26)38(33-16-9-10-17-37-33)32-15-11-13-24-12-7-8-14-31(24)32/h7-23H,1-6H3. The summed E-state index contributed by atoms with van der Waals surface area (Å²) < 4.78 is 0. The third-order valence-corrected chi connectivity index (χ3v) is 7.08. The molecule has 3 heteroatoms. The number of nitrogens with zero attached hydrogens (tertiary/aromatic N) is 2. The first kappa shape index (κ1) is 25.8. The Balaban J connectivity index is 1.75. The molecule has 2 radical (unpaired) electrons. The Morgan fingerprint density at radius 1 is 0.632 bits per heavy atom. The molecule has 0 aliphatic heterocycles. The van der Waals surface area contributed by atoms with Crippen molar-refractivity contribution in [1.82, 2.24) is 4.98 Å². The molecule has 188 valence electrons. The molecule has 0 saturated heterocycles. The largest absolute Gasteiger partial charge is 0.294 e. The number of hydrogen-bond donors (Lipinski definition) is 0. The first-order chi connectivity index (χ1) is 18.0. The predicted molar refractivity (Wildman–Crippen MR) is 165 cm³/mol. The van der Waals surface area contributed by atoms with E-state index < -0.39 is 0 Å². The van der Waals surface area contributed by atoms with Gasteiger partial charge in [-0.2, -0.15) is 0 Å². The molecule has 0 N–H and O–H groups in total. The van der Waals surface area contributed by atoms with Crippen LogP contribution < -0.4 is 10.4 Å². The third kappa shape index (κ3) is 5.24. The molecule has 5 aromatic rings. The molecule has 1 heterocycles. The van der Waals surface area contributed by atoms with Crippen LogP contribution in [0.4, 0.5) is 17.2 Å². The Labute approximate surface area is 228 Å². The molecular formula is C35H35BN2. The number of rotatable bonds is 4. The number of benzene rings is 4. The lowest BCUT2D eigenvalue weighted by Gasteiger charge is -2.28. The Kier molecular flexibility index (Phi) is 6.65. The zero-order chi connectivity index (χ0) is 27.1. The van der Waals surface area contributed by atoms with Crippen molar-refractivity contribution >= 4 is 41.3 Å². The summed E-state index contributed by atoms with van der Waals surface area (Å²) in [5, 5.41) is 2.34. The normalized spacial score (nSPS) is 12.1. The summed E-state index contributed by atoms with van der Waals surface area (Å²) in [4.78, 5) is 6.96. The second-order valence-electron chi connectivity index (χ2n) is 12.1. The smallest absolute Gasteiger partial charge is 0.137 e. The van der Waals surface area contributed by atoms with E-state index in [4.69, 9.17) is 12.8 Å². The van der Waals surface area contributed by atoms with Gasteiger partial charge in [-0.3, -0.25) is 4.90 Å². The first-order valence-corrected chi connectivity index (χ1v) is 13.3. The molecule has 0 fully saturated rings. The Hall–Kier alpha value is -3.85. The fourth-order valence-corrected chi connectivity index (χ4v) is 4.87. The Bertz CT molecular complexity index is 1550. The van der Waals surface area contributed by atoms with E-state index in [1.54, 1.807) is 0 Å². The van der Waals surface area contributed by atoms with E-state index in [0.717, 1.165) is 33.6 Å². The fraction of sp³-hybridized carbons (Fsp3) is 0.229. The highest BCUT2D eigenvalue weighted by atomic mass is 15.2. The van der Waals surface area contributed by atoms with E-state index in [0.29, 0.717) is 0 Å². The lowest BCUT2D eigenvalue weighted by molar-refractivity contribution is 0.569. The van der Waals surface area contributed by atoms with Crippen LogP contribution in [0.25, 0.3) is 21.9 Å². The minimum Gasteiger partial charge on any atom is -0.294 e. The molecule has 5 rings (SSSR count). The molecule has 2 nitrogen and oxygen atoms in total. The zero-order valence-electron chi connectivity index (χ0n) is 23.3. The second-order valence-corrected chi connectivity index (χ2v) is 12.1. The van der Waals surface area contributed by atoms with Gasteiger partial charge in [0.15, 0.2) is 0 Å². The number of pyridine rings is 1. The first-order valence-electron chi connectivity index (χ1n) is 13.3. The van der Waals surface area contributed by atoms with Crippen LogP contribution in [0.5, 0.6) is 0 Å². The van der Waals surface area contributed by atoms with Crippen molar-refractivity contribution in [2.24, 2.45) is 0 Å². The van der Waals surface area contributed by atoms with Gasteiger partial charge in [0.2, 0.25) is 0 Å². The number of aromatic nitrogens is 1. The predicted octanol–water partition coefficient (Wildman–Crippen LogP) is 8.76. The highest BCUT2D eigenvalue weighted by Crippen LogP contribution is 2.40. The molecule has 0 saturated carbocycles. The Morgan fingerprint density at radius 2 is 1.26 bits per heavy atom. The average Bonchev–Trinajstić information content (AvgIpc) is 2.88. The summed E-state index contributed by atoms with van der Waals surface area (Å²) in [7, 11) is 6.60. The van der Waals surface area contributed by atoms with Crippen LogP contribution in [0.1, 0.15) is 52.7 Å². The van der Waals surface area contributed by atoms with Gasteiger partial charge in [-0.05, 0) is 68.8 Å². The van der Waals surface area contributed by atoms with Crippen LogP contribution in [0.15, 0.2) is 103 Å². The van der Waals surface area contributed by atoms with Crippen LogP contribution in [0, 0.1) is 0 Å². The van der Waals surface area contributed by atoms with Gasteiger partial charge < -0.3 is 0 Å². The Morgan fingerprint density at radius 3 is 1.92 bits per heavy atom. The molecule has 0 spiro atoms. The van der Waals surface area contributed by atoms with Crippen LogP contribution >= 0.6 is 0 Å². The summed E-state index contributed by atoms with van der Waals surface area (Å²) in [6, 6.07) is 34.2. The van der Waals surface area contributed by atoms with Crippen LogP contribution in [-0.2, 0) is 10.8 Å². The SMILES string of the molecule is [B]c1cc(-c2cc(C(C)(C)C)cc(C(C)(C)C)c2)cc(N(c2ccccn2)c2cccc3ccccc23)c1. The molecule has 0 unspecified atom stereocenters. The maximum Gasteiger partial charge on any atom is 0.137 e. The lowest BCUT2D eigenvalue weighted by atomic mass is 9.78. The molecule has 1 aromatic heterocycles. The molecule has 4 aromatic carbocycles. The molecular weight excluding hydrogens is 459 g/mol. The van der Waals surface area contributed by atoms with E-state index in [2.05, 4.69) is 119 Å². The highest BCUT2D eigenvalue weighted by Gasteiger charge is 2.22. The van der Waals surface area contributed by atoms with Crippen molar-refractivity contribution in [3.8, 4) is 11.1 Å². The molecule has 38 heavy (non-hydrogen) atoms. The summed E-state index contributed by atoms with van der Waals surface area (Å²) >= 11 is 0. The quantitative estimate of drug-likeness (QED) is 0.232. The van der Waals surface area contributed by atoms with E-state index in [-0.39, 0.29) is 10.8 Å². The van der Waals surface area contributed by atoms with Gasteiger partial charge >= 0.3 is 0 Å². The van der Waals surface area contributed by atoms with Crippen molar-refractivity contribution in [1.29, 1.82) is 0 Å². The fourth-order valence-electron chi connectivity index (χ4n) is 4.87. The van der Waals surface area contributed by atoms with Crippen LogP contribution in [0.2, 0.25) is 0 Å². The van der Waals surface area contributed by atoms with E-state index in [9.17, 15) is 0 Å². The molecule has 0 amide bonds. The van der Waals surface area contributed by atoms with E-state index >= 15 is 0 Å². The number of fused-ring (bicyclic) bond motifs is 1. The minimum atomic E-state index is 0.0299. The third-order valence-electron chi connectivity index (χ3n) is 7.08. The summed E-state index contributed by atoms with van der Waals surface area (Å²) in [6.45, 7) is 13.6. The van der Waals surface area contributed by atoms with Crippen molar-refractivity contribution in [2.45, 2.75) is 52.4 Å². The topological polar surface area (TPSA) is 16.1 Å².